The number of fused-ring (bicyclic) bond motifs is 6. The molecule has 1 heteroatoms. The molecular weight excluding hydrogens is 350 g/mol. The Kier molecular flexibility index (Phi) is 3.29. The van der Waals surface area contributed by atoms with E-state index in [1.807, 2.05) is 12.3 Å². The molecule has 138 valence electrons. The number of aromatic nitrogens is 1. The second-order valence-electron chi connectivity index (χ2n) is 8.51. The van der Waals surface area contributed by atoms with Crippen molar-refractivity contribution in [3.05, 3.63) is 102 Å². The number of rotatable bonds is 1. The number of nitrogens with zero attached hydrogens (tertiary/aromatic N) is 1. The lowest BCUT2D eigenvalue weighted by atomic mass is 9.80. The lowest BCUT2D eigenvalue weighted by Gasteiger charge is -2.23. The van der Waals surface area contributed by atoms with Crippen molar-refractivity contribution in [2.75, 3.05) is 0 Å². The topological polar surface area (TPSA) is 12.9 Å². The van der Waals surface area contributed by atoms with E-state index in [9.17, 15) is 0 Å². The van der Waals surface area contributed by atoms with Gasteiger partial charge < -0.3 is 0 Å². The number of pyridine rings is 1. The number of hydrogen-bond acceptors (Lipinski definition) is 1. The van der Waals surface area contributed by atoms with Crippen LogP contribution in [0.15, 0.2) is 91.1 Å². The Morgan fingerprint density at radius 2 is 1.41 bits per heavy atom. The average Bonchev–Trinajstić information content (AvgIpc) is 3.00. The first kappa shape index (κ1) is 16.5. The van der Waals surface area contributed by atoms with E-state index in [2.05, 4.69) is 97.7 Å². The number of benzene rings is 4. The highest BCUT2D eigenvalue weighted by Crippen LogP contribution is 2.51. The Morgan fingerprint density at radius 3 is 2.31 bits per heavy atom. The molecule has 0 saturated carbocycles. The Morgan fingerprint density at radius 1 is 0.655 bits per heavy atom. The maximum Gasteiger partial charge on any atom is 0.0705 e. The zero-order chi connectivity index (χ0) is 19.6. The van der Waals surface area contributed by atoms with Crippen LogP contribution >= 0.6 is 0 Å². The van der Waals surface area contributed by atoms with Crippen molar-refractivity contribution >= 4 is 21.7 Å². The second-order valence-corrected chi connectivity index (χ2v) is 8.51. The molecule has 0 spiro atoms. The SMILES string of the molecule is CC1(C)c2cc(-c3ccc4ccccc4c3)ccc2-c2ccc3ncccc3c21. The summed E-state index contributed by atoms with van der Waals surface area (Å²) in [6.07, 6.45) is 1.88. The summed E-state index contributed by atoms with van der Waals surface area (Å²) in [5.74, 6) is 0. The zero-order valence-corrected chi connectivity index (χ0v) is 16.6. The van der Waals surface area contributed by atoms with Crippen LogP contribution in [0.3, 0.4) is 0 Å². The van der Waals surface area contributed by atoms with E-state index in [4.69, 9.17) is 0 Å². The van der Waals surface area contributed by atoms with E-state index >= 15 is 0 Å². The summed E-state index contributed by atoms with van der Waals surface area (Å²) in [5, 5.41) is 3.83. The summed E-state index contributed by atoms with van der Waals surface area (Å²) in [6.45, 7) is 4.68. The van der Waals surface area contributed by atoms with Gasteiger partial charge in [0.05, 0.1) is 5.52 Å². The highest BCUT2D eigenvalue weighted by Gasteiger charge is 2.37. The molecule has 0 atom stereocenters. The molecule has 0 fully saturated rings. The normalized spacial score (nSPS) is 14.1. The van der Waals surface area contributed by atoms with Gasteiger partial charge in [0.25, 0.3) is 0 Å². The van der Waals surface area contributed by atoms with Crippen molar-refractivity contribution in [2.45, 2.75) is 19.3 Å². The van der Waals surface area contributed by atoms with Gasteiger partial charge in [-0.15, -0.1) is 0 Å². The minimum atomic E-state index is -0.0555. The van der Waals surface area contributed by atoms with Gasteiger partial charge in [-0.05, 0) is 68.4 Å². The summed E-state index contributed by atoms with van der Waals surface area (Å²) >= 11 is 0. The molecule has 0 N–H and O–H groups in total. The van der Waals surface area contributed by atoms with Gasteiger partial charge in [0.1, 0.15) is 0 Å². The smallest absolute Gasteiger partial charge is 0.0705 e. The summed E-state index contributed by atoms with van der Waals surface area (Å²) < 4.78 is 0. The molecular formula is C28H21N. The van der Waals surface area contributed by atoms with Crippen LogP contribution in [0.2, 0.25) is 0 Å². The van der Waals surface area contributed by atoms with E-state index in [-0.39, 0.29) is 5.41 Å². The summed E-state index contributed by atoms with van der Waals surface area (Å²) in [6, 6.07) is 30.9. The van der Waals surface area contributed by atoms with Crippen LogP contribution in [0, 0.1) is 0 Å². The van der Waals surface area contributed by atoms with E-state index in [0.717, 1.165) is 5.52 Å². The molecule has 1 aromatic heterocycles. The van der Waals surface area contributed by atoms with Crippen molar-refractivity contribution < 1.29 is 0 Å². The van der Waals surface area contributed by atoms with Crippen LogP contribution < -0.4 is 0 Å². The summed E-state index contributed by atoms with van der Waals surface area (Å²) in [4.78, 5) is 4.58. The summed E-state index contributed by atoms with van der Waals surface area (Å²) in [7, 11) is 0. The molecule has 0 radical (unpaired) electrons. The fraction of sp³-hybridized carbons (Fsp3) is 0.107. The molecule has 1 aliphatic rings. The molecule has 1 nitrogen and oxygen atoms in total. The van der Waals surface area contributed by atoms with E-state index in [1.54, 1.807) is 0 Å². The molecule has 4 aromatic carbocycles. The maximum absolute atomic E-state index is 4.58. The standard InChI is InChI=1S/C28H21N/c1-28(2)25-17-21(20-10-9-18-6-3-4-7-19(18)16-20)11-12-22(25)23-13-14-26-24(27(23)28)8-5-15-29-26/h3-17H,1-2H3. The molecule has 1 heterocycles. The first-order valence-electron chi connectivity index (χ1n) is 10.2. The first-order chi connectivity index (χ1) is 14.1. The van der Waals surface area contributed by atoms with Crippen molar-refractivity contribution in [1.29, 1.82) is 0 Å². The van der Waals surface area contributed by atoms with Crippen LogP contribution in [-0.4, -0.2) is 4.98 Å². The van der Waals surface area contributed by atoms with Crippen molar-refractivity contribution in [3.63, 3.8) is 0 Å². The van der Waals surface area contributed by atoms with Gasteiger partial charge in [0.15, 0.2) is 0 Å². The van der Waals surface area contributed by atoms with Crippen molar-refractivity contribution in [3.8, 4) is 22.3 Å². The molecule has 0 saturated heterocycles. The predicted octanol–water partition coefficient (Wildman–Crippen LogP) is 7.36. The Balaban J connectivity index is 1.56. The van der Waals surface area contributed by atoms with Crippen LogP contribution in [0.1, 0.15) is 25.0 Å². The molecule has 0 amide bonds. The van der Waals surface area contributed by atoms with Crippen molar-refractivity contribution in [2.24, 2.45) is 0 Å². The van der Waals surface area contributed by atoms with Gasteiger partial charge in [-0.25, -0.2) is 0 Å². The van der Waals surface area contributed by atoms with Crippen molar-refractivity contribution in [1.82, 2.24) is 4.98 Å². The third kappa shape index (κ3) is 2.31. The Labute approximate surface area is 170 Å². The van der Waals surface area contributed by atoms with E-state index in [1.165, 1.54) is 49.5 Å². The van der Waals surface area contributed by atoms with Gasteiger partial charge in [-0.3, -0.25) is 4.98 Å². The van der Waals surface area contributed by atoms with Crippen LogP contribution in [0.25, 0.3) is 43.9 Å². The quantitative estimate of drug-likeness (QED) is 0.300. The number of hydrogen-bond donors (Lipinski definition) is 0. The molecule has 29 heavy (non-hydrogen) atoms. The minimum Gasteiger partial charge on any atom is -0.256 e. The van der Waals surface area contributed by atoms with Gasteiger partial charge >= 0.3 is 0 Å². The maximum atomic E-state index is 4.58. The molecule has 6 rings (SSSR count). The molecule has 0 aliphatic heterocycles. The largest absolute Gasteiger partial charge is 0.256 e. The van der Waals surface area contributed by atoms with Crippen LogP contribution in [0.4, 0.5) is 0 Å². The molecule has 0 unspecified atom stereocenters. The van der Waals surface area contributed by atoms with Gasteiger partial charge in [-0.1, -0.05) is 74.5 Å². The monoisotopic (exact) mass is 371 g/mol. The summed E-state index contributed by atoms with van der Waals surface area (Å²) in [5.41, 5.74) is 9.05. The van der Waals surface area contributed by atoms with Gasteiger partial charge in [0, 0.05) is 17.0 Å². The fourth-order valence-electron chi connectivity index (χ4n) is 5.03. The average molecular weight is 371 g/mol. The van der Waals surface area contributed by atoms with E-state index in [0.29, 0.717) is 0 Å². The van der Waals surface area contributed by atoms with E-state index < -0.39 is 0 Å². The predicted molar refractivity (Wildman–Crippen MR) is 122 cm³/mol. The lowest BCUT2D eigenvalue weighted by Crippen LogP contribution is -2.15. The molecule has 5 aromatic rings. The fourth-order valence-corrected chi connectivity index (χ4v) is 5.03. The highest BCUT2D eigenvalue weighted by molar-refractivity contribution is 5.96. The minimum absolute atomic E-state index is 0.0555. The highest BCUT2D eigenvalue weighted by atomic mass is 14.6. The Hall–Kier alpha value is -3.45. The third-order valence-electron chi connectivity index (χ3n) is 6.48. The first-order valence-corrected chi connectivity index (χ1v) is 10.2. The van der Waals surface area contributed by atoms with Crippen LogP contribution in [0.5, 0.6) is 0 Å². The second kappa shape index (κ2) is 5.78. The Bertz CT molecular complexity index is 1430. The third-order valence-corrected chi connectivity index (χ3v) is 6.48. The van der Waals surface area contributed by atoms with Gasteiger partial charge in [-0.2, -0.15) is 0 Å². The molecule has 1 aliphatic carbocycles. The van der Waals surface area contributed by atoms with Crippen LogP contribution in [-0.2, 0) is 5.41 Å². The van der Waals surface area contributed by atoms with Gasteiger partial charge in [0.2, 0.25) is 0 Å². The lowest BCUT2D eigenvalue weighted by molar-refractivity contribution is 0.666. The molecule has 0 bridgehead atoms. The zero-order valence-electron chi connectivity index (χ0n) is 16.6.